The quantitative estimate of drug-likeness (QED) is 0.814. The van der Waals surface area contributed by atoms with Crippen molar-refractivity contribution in [2.24, 2.45) is 11.8 Å². The summed E-state index contributed by atoms with van der Waals surface area (Å²) in [6, 6.07) is 3.75. The van der Waals surface area contributed by atoms with Crippen molar-refractivity contribution < 1.29 is 9.84 Å². The second kappa shape index (κ2) is 4.31. The van der Waals surface area contributed by atoms with Crippen LogP contribution >= 0.6 is 0 Å². The second-order valence-corrected chi connectivity index (χ2v) is 5.24. The maximum absolute atomic E-state index is 9.92. The Morgan fingerprint density at radius 2 is 2.22 bits per heavy atom. The minimum Gasteiger partial charge on any atom is -0.479 e. The predicted octanol–water partition coefficient (Wildman–Crippen LogP) is 0.880. The van der Waals surface area contributed by atoms with Gasteiger partial charge in [-0.05, 0) is 30.9 Å². The summed E-state index contributed by atoms with van der Waals surface area (Å²) in [6.07, 6.45) is 1.92. The molecule has 3 rings (SSSR count). The highest BCUT2D eigenvalue weighted by molar-refractivity contribution is 5.55. The van der Waals surface area contributed by atoms with E-state index in [9.17, 15) is 5.11 Å². The maximum Gasteiger partial charge on any atom is 0.238 e. The fraction of sp³-hybridized carbons (Fsp3) is 0.615. The third-order valence-electron chi connectivity index (χ3n) is 4.21. The Kier molecular flexibility index (Phi) is 2.78. The molecule has 1 aromatic heterocycles. The van der Waals surface area contributed by atoms with E-state index in [1.165, 1.54) is 0 Å². The Labute approximate surface area is 107 Å². The largest absolute Gasteiger partial charge is 0.479 e. The number of nitrogens with two attached hydrogens (primary N) is 1. The summed E-state index contributed by atoms with van der Waals surface area (Å²) in [5.41, 5.74) is 6.32. The van der Waals surface area contributed by atoms with Crippen LogP contribution < -0.4 is 15.4 Å². The van der Waals surface area contributed by atoms with Gasteiger partial charge in [-0.25, -0.2) is 0 Å². The van der Waals surface area contributed by atoms with E-state index in [1.807, 2.05) is 12.1 Å². The summed E-state index contributed by atoms with van der Waals surface area (Å²) < 4.78 is 5.15. The molecule has 1 aliphatic heterocycles. The van der Waals surface area contributed by atoms with Gasteiger partial charge in [0.25, 0.3) is 0 Å². The summed E-state index contributed by atoms with van der Waals surface area (Å²) in [5, 5.41) is 9.92. The van der Waals surface area contributed by atoms with E-state index in [-0.39, 0.29) is 6.10 Å². The summed E-state index contributed by atoms with van der Waals surface area (Å²) in [5.74, 6) is 2.37. The third-order valence-corrected chi connectivity index (χ3v) is 4.21. The van der Waals surface area contributed by atoms with Crippen molar-refractivity contribution in [1.29, 1.82) is 0 Å². The molecular formula is C13H19N3O2. The van der Waals surface area contributed by atoms with Crippen molar-refractivity contribution >= 4 is 11.5 Å². The number of methoxy groups -OCH3 is 1. The topological polar surface area (TPSA) is 71.6 Å². The van der Waals surface area contributed by atoms with Gasteiger partial charge in [-0.2, -0.15) is 4.98 Å². The molecule has 0 aromatic carbocycles. The Bertz CT molecular complexity index is 452. The molecule has 5 heteroatoms. The van der Waals surface area contributed by atoms with E-state index in [4.69, 9.17) is 10.5 Å². The highest BCUT2D eigenvalue weighted by Crippen LogP contribution is 2.39. The van der Waals surface area contributed by atoms with Crippen LogP contribution in [0.5, 0.6) is 5.88 Å². The van der Waals surface area contributed by atoms with Crippen LogP contribution in [0.25, 0.3) is 0 Å². The van der Waals surface area contributed by atoms with Gasteiger partial charge in [0, 0.05) is 19.0 Å². The zero-order valence-corrected chi connectivity index (χ0v) is 10.5. The Morgan fingerprint density at radius 3 is 2.94 bits per heavy atom. The Balaban J connectivity index is 1.80. The minimum absolute atomic E-state index is 0.143. The first-order valence-electron chi connectivity index (χ1n) is 6.42. The van der Waals surface area contributed by atoms with E-state index in [0.717, 1.165) is 31.7 Å². The molecule has 3 atom stereocenters. The number of rotatable bonds is 2. The molecule has 1 aromatic rings. The highest BCUT2D eigenvalue weighted by atomic mass is 16.5. The third kappa shape index (κ3) is 1.79. The molecule has 1 aliphatic carbocycles. The maximum atomic E-state index is 9.92. The van der Waals surface area contributed by atoms with Gasteiger partial charge >= 0.3 is 0 Å². The number of aliphatic hydroxyl groups is 1. The number of aromatic nitrogens is 1. The number of aliphatic hydroxyl groups excluding tert-OH is 1. The van der Waals surface area contributed by atoms with Crippen LogP contribution in [0.3, 0.4) is 0 Å². The molecule has 1 saturated carbocycles. The van der Waals surface area contributed by atoms with E-state index >= 15 is 0 Å². The fourth-order valence-electron chi connectivity index (χ4n) is 3.20. The van der Waals surface area contributed by atoms with Crippen molar-refractivity contribution in [2.75, 3.05) is 30.8 Å². The van der Waals surface area contributed by atoms with Crippen LogP contribution in [0.15, 0.2) is 12.1 Å². The van der Waals surface area contributed by atoms with E-state index < -0.39 is 0 Å². The summed E-state index contributed by atoms with van der Waals surface area (Å²) in [6.45, 7) is 1.85. The molecular weight excluding hydrogens is 230 g/mol. The molecule has 2 fully saturated rings. The van der Waals surface area contributed by atoms with Gasteiger partial charge in [0.1, 0.15) is 5.82 Å². The Morgan fingerprint density at radius 1 is 1.39 bits per heavy atom. The zero-order chi connectivity index (χ0) is 12.7. The van der Waals surface area contributed by atoms with Crippen molar-refractivity contribution in [3.8, 4) is 5.88 Å². The van der Waals surface area contributed by atoms with Crippen molar-refractivity contribution in [2.45, 2.75) is 18.9 Å². The molecule has 2 heterocycles. The molecule has 0 spiro atoms. The van der Waals surface area contributed by atoms with Crippen molar-refractivity contribution in [1.82, 2.24) is 4.98 Å². The van der Waals surface area contributed by atoms with Gasteiger partial charge in [-0.1, -0.05) is 0 Å². The van der Waals surface area contributed by atoms with E-state index in [1.54, 1.807) is 7.11 Å². The number of ether oxygens (including phenoxy) is 1. The average Bonchev–Trinajstić information content (AvgIpc) is 2.93. The molecule has 3 unspecified atom stereocenters. The van der Waals surface area contributed by atoms with Gasteiger partial charge in [-0.3, -0.25) is 0 Å². The van der Waals surface area contributed by atoms with Crippen LogP contribution in [0.1, 0.15) is 12.8 Å². The number of pyridine rings is 1. The van der Waals surface area contributed by atoms with Crippen LogP contribution in [-0.4, -0.2) is 36.4 Å². The van der Waals surface area contributed by atoms with Crippen molar-refractivity contribution in [3.63, 3.8) is 0 Å². The minimum atomic E-state index is -0.143. The van der Waals surface area contributed by atoms with Crippen LogP contribution in [0.4, 0.5) is 11.5 Å². The molecule has 0 amide bonds. The molecule has 1 saturated heterocycles. The summed E-state index contributed by atoms with van der Waals surface area (Å²) in [4.78, 5) is 6.64. The molecule has 3 N–H and O–H groups in total. The lowest BCUT2D eigenvalue weighted by Crippen LogP contribution is -2.25. The summed E-state index contributed by atoms with van der Waals surface area (Å²) >= 11 is 0. The summed E-state index contributed by atoms with van der Waals surface area (Å²) in [7, 11) is 1.57. The van der Waals surface area contributed by atoms with Gasteiger partial charge in [0.2, 0.25) is 5.88 Å². The monoisotopic (exact) mass is 249 g/mol. The average molecular weight is 249 g/mol. The first kappa shape index (κ1) is 11.6. The highest BCUT2D eigenvalue weighted by Gasteiger charge is 2.42. The lowest BCUT2D eigenvalue weighted by atomic mass is 10.00. The fourth-order valence-corrected chi connectivity index (χ4v) is 3.20. The van der Waals surface area contributed by atoms with Crippen LogP contribution in [-0.2, 0) is 0 Å². The first-order valence-corrected chi connectivity index (χ1v) is 6.42. The second-order valence-electron chi connectivity index (χ2n) is 5.24. The number of nitrogens with zero attached hydrogens (tertiary/aromatic N) is 2. The van der Waals surface area contributed by atoms with Crippen LogP contribution in [0, 0.1) is 11.8 Å². The smallest absolute Gasteiger partial charge is 0.238 e. The lowest BCUT2D eigenvalue weighted by Gasteiger charge is -2.20. The number of anilines is 2. The molecule has 0 radical (unpaired) electrons. The molecule has 2 aliphatic rings. The van der Waals surface area contributed by atoms with E-state index in [2.05, 4.69) is 9.88 Å². The lowest BCUT2D eigenvalue weighted by molar-refractivity contribution is 0.133. The number of hydrogen-bond acceptors (Lipinski definition) is 5. The Hall–Kier alpha value is -1.49. The zero-order valence-electron chi connectivity index (χ0n) is 10.5. The SMILES string of the molecule is COc1nc(N2CC3CCC(O)C3C2)ccc1N. The molecule has 0 bridgehead atoms. The number of fused-ring (bicyclic) bond motifs is 1. The standard InChI is InChI=1S/C13H19N3O2/c1-18-13-10(14)3-5-12(15-13)16-6-8-2-4-11(17)9(8)7-16/h3,5,8-9,11,17H,2,4,6-7,14H2,1H3. The van der Waals surface area contributed by atoms with Gasteiger partial charge in [0.15, 0.2) is 0 Å². The van der Waals surface area contributed by atoms with Gasteiger partial charge < -0.3 is 20.5 Å². The number of hydrogen-bond donors (Lipinski definition) is 2. The molecule has 18 heavy (non-hydrogen) atoms. The molecule has 5 nitrogen and oxygen atoms in total. The van der Waals surface area contributed by atoms with Crippen LogP contribution in [0.2, 0.25) is 0 Å². The van der Waals surface area contributed by atoms with Gasteiger partial charge in [0.05, 0.1) is 18.9 Å². The number of nitrogen functional groups attached to an aromatic ring is 1. The predicted molar refractivity (Wildman–Crippen MR) is 69.6 cm³/mol. The first-order chi connectivity index (χ1) is 8.69. The van der Waals surface area contributed by atoms with Gasteiger partial charge in [-0.15, -0.1) is 0 Å². The van der Waals surface area contributed by atoms with Crippen molar-refractivity contribution in [3.05, 3.63) is 12.1 Å². The normalized spacial score (nSPS) is 30.6. The van der Waals surface area contributed by atoms with E-state index in [0.29, 0.717) is 23.4 Å². The molecule has 98 valence electrons.